The van der Waals surface area contributed by atoms with Crippen molar-refractivity contribution in [2.75, 3.05) is 29.4 Å². The van der Waals surface area contributed by atoms with Crippen LogP contribution >= 0.6 is 34.5 Å². The number of anilines is 2. The number of carboxylic acids is 1. The van der Waals surface area contributed by atoms with Gasteiger partial charge in [0.15, 0.2) is 5.13 Å². The van der Waals surface area contributed by atoms with Crippen LogP contribution in [0.5, 0.6) is 0 Å². The number of rotatable bonds is 5. The first-order chi connectivity index (χ1) is 19.5. The van der Waals surface area contributed by atoms with Crippen molar-refractivity contribution in [2.45, 2.75) is 59.9 Å². The maximum absolute atomic E-state index is 12.0. The molecule has 2 aliphatic heterocycles. The van der Waals surface area contributed by atoms with E-state index in [4.69, 9.17) is 33.2 Å². The molecule has 9 heteroatoms. The standard InChI is InChI=1S/C32H34Cl2N4O2S/c1-18-23(14-28(39)40)30(37-11-8-32(3,4)9-12-37)29(19(2)35-18)21-5-6-22-17-38(10-7-20(22)13-21)31-36-26-15-24(33)25(34)16-27(26)41-31/h5-6,13,15-16H,7-12,14,17H2,1-4H3,(H,39,40). The van der Waals surface area contributed by atoms with Crippen molar-refractivity contribution in [3.05, 3.63) is 68.5 Å². The lowest BCUT2D eigenvalue weighted by molar-refractivity contribution is -0.136. The van der Waals surface area contributed by atoms with Crippen LogP contribution in [0.15, 0.2) is 30.3 Å². The highest BCUT2D eigenvalue weighted by molar-refractivity contribution is 7.22. The first-order valence-corrected chi connectivity index (χ1v) is 15.7. The number of carbonyl (C=O) groups is 1. The first-order valence-electron chi connectivity index (χ1n) is 14.1. The Morgan fingerprint density at radius 2 is 1.71 bits per heavy atom. The second-order valence-corrected chi connectivity index (χ2v) is 13.9. The monoisotopic (exact) mass is 608 g/mol. The molecule has 0 aliphatic carbocycles. The fourth-order valence-corrected chi connectivity index (χ4v) is 7.58. The Labute approximate surface area is 254 Å². The van der Waals surface area contributed by atoms with E-state index < -0.39 is 5.97 Å². The van der Waals surface area contributed by atoms with E-state index in [9.17, 15) is 9.90 Å². The number of piperidine rings is 1. The number of nitrogens with zero attached hydrogens (tertiary/aromatic N) is 4. The van der Waals surface area contributed by atoms with E-state index in [1.165, 1.54) is 11.1 Å². The number of aliphatic carboxylic acids is 1. The molecule has 1 saturated heterocycles. The highest BCUT2D eigenvalue weighted by Gasteiger charge is 2.31. The highest BCUT2D eigenvalue weighted by Crippen LogP contribution is 2.43. The smallest absolute Gasteiger partial charge is 0.307 e. The number of hydrogen-bond donors (Lipinski definition) is 1. The maximum Gasteiger partial charge on any atom is 0.307 e. The summed E-state index contributed by atoms with van der Waals surface area (Å²) in [4.78, 5) is 26.4. The summed E-state index contributed by atoms with van der Waals surface area (Å²) in [7, 11) is 0. The zero-order valence-electron chi connectivity index (χ0n) is 23.9. The van der Waals surface area contributed by atoms with Crippen LogP contribution in [0, 0.1) is 19.3 Å². The summed E-state index contributed by atoms with van der Waals surface area (Å²) in [5.74, 6) is -0.826. The zero-order chi connectivity index (χ0) is 29.1. The van der Waals surface area contributed by atoms with E-state index in [0.29, 0.717) is 15.5 Å². The van der Waals surface area contributed by atoms with E-state index in [1.54, 1.807) is 11.3 Å². The van der Waals surface area contributed by atoms with E-state index in [1.807, 2.05) is 19.1 Å². The van der Waals surface area contributed by atoms with Gasteiger partial charge >= 0.3 is 5.97 Å². The first kappa shape index (κ1) is 28.3. The third kappa shape index (κ3) is 5.52. The van der Waals surface area contributed by atoms with Gasteiger partial charge in [-0.2, -0.15) is 0 Å². The Balaban J connectivity index is 1.36. The van der Waals surface area contributed by atoms with Gasteiger partial charge in [0, 0.05) is 48.7 Å². The summed E-state index contributed by atoms with van der Waals surface area (Å²) in [6.07, 6.45) is 3.02. The third-order valence-corrected chi connectivity index (χ3v) is 10.4. The third-order valence-electron chi connectivity index (χ3n) is 8.61. The van der Waals surface area contributed by atoms with Gasteiger partial charge in [-0.15, -0.1) is 0 Å². The predicted octanol–water partition coefficient (Wildman–Crippen LogP) is 8.10. The molecule has 0 amide bonds. The number of aryl methyl sites for hydroxylation is 2. The highest BCUT2D eigenvalue weighted by atomic mass is 35.5. The van der Waals surface area contributed by atoms with Gasteiger partial charge in [-0.05, 0) is 67.3 Å². The average Bonchev–Trinajstić information content (AvgIpc) is 3.32. The van der Waals surface area contributed by atoms with Crippen LogP contribution in [0.4, 0.5) is 10.8 Å². The van der Waals surface area contributed by atoms with Crippen LogP contribution in [0.2, 0.25) is 10.0 Å². The van der Waals surface area contributed by atoms with Crippen molar-refractivity contribution in [3.63, 3.8) is 0 Å². The Kier molecular flexibility index (Phi) is 7.41. The summed E-state index contributed by atoms with van der Waals surface area (Å²) in [5.41, 5.74) is 9.57. The van der Waals surface area contributed by atoms with Gasteiger partial charge in [0.05, 0.1) is 32.4 Å². The Morgan fingerprint density at radius 3 is 2.44 bits per heavy atom. The Morgan fingerprint density at radius 1 is 0.976 bits per heavy atom. The molecule has 6 nitrogen and oxygen atoms in total. The van der Waals surface area contributed by atoms with Gasteiger partial charge in [-0.25, -0.2) is 4.98 Å². The fraction of sp³-hybridized carbons (Fsp3) is 0.406. The number of hydrogen-bond acceptors (Lipinski definition) is 6. The molecule has 0 spiro atoms. The molecule has 0 radical (unpaired) electrons. The average molecular weight is 610 g/mol. The lowest BCUT2D eigenvalue weighted by Crippen LogP contribution is -2.38. The van der Waals surface area contributed by atoms with E-state index in [2.05, 4.69) is 48.8 Å². The number of fused-ring (bicyclic) bond motifs is 2. The van der Waals surface area contributed by atoms with E-state index in [0.717, 1.165) is 94.6 Å². The van der Waals surface area contributed by atoms with Gasteiger partial charge in [0.25, 0.3) is 0 Å². The second-order valence-electron chi connectivity index (χ2n) is 12.1. The number of pyridine rings is 1. The van der Waals surface area contributed by atoms with Gasteiger partial charge in [-0.3, -0.25) is 9.78 Å². The number of carboxylic acid groups (broad SMARTS) is 1. The Bertz CT molecular complexity index is 1630. The molecule has 41 heavy (non-hydrogen) atoms. The molecule has 2 aliphatic rings. The number of benzene rings is 2. The predicted molar refractivity (Wildman–Crippen MR) is 170 cm³/mol. The number of thiazole rings is 1. The molecule has 4 heterocycles. The molecule has 0 atom stereocenters. The molecule has 2 aromatic heterocycles. The summed E-state index contributed by atoms with van der Waals surface area (Å²) >= 11 is 14.1. The minimum atomic E-state index is -0.826. The van der Waals surface area contributed by atoms with Crippen molar-refractivity contribution < 1.29 is 9.90 Å². The van der Waals surface area contributed by atoms with E-state index in [-0.39, 0.29) is 6.42 Å². The molecule has 0 bridgehead atoms. The molecule has 214 valence electrons. The van der Waals surface area contributed by atoms with Crippen LogP contribution in [0.1, 0.15) is 54.8 Å². The molecule has 2 aromatic carbocycles. The summed E-state index contributed by atoms with van der Waals surface area (Å²) in [6, 6.07) is 10.4. The zero-order valence-corrected chi connectivity index (χ0v) is 26.2. The Hall–Kier alpha value is -2.87. The van der Waals surface area contributed by atoms with Crippen LogP contribution in [-0.4, -0.2) is 40.7 Å². The number of aromatic nitrogens is 2. The van der Waals surface area contributed by atoms with Crippen LogP contribution < -0.4 is 9.80 Å². The molecule has 0 saturated carbocycles. The van der Waals surface area contributed by atoms with Gasteiger partial charge in [0.1, 0.15) is 0 Å². The second kappa shape index (κ2) is 10.8. The van der Waals surface area contributed by atoms with E-state index >= 15 is 0 Å². The van der Waals surface area contributed by atoms with Crippen molar-refractivity contribution in [1.82, 2.24) is 9.97 Å². The molecule has 0 unspecified atom stereocenters. The largest absolute Gasteiger partial charge is 0.481 e. The quantitative estimate of drug-likeness (QED) is 0.247. The lowest BCUT2D eigenvalue weighted by Gasteiger charge is -2.40. The molecule has 4 aromatic rings. The maximum atomic E-state index is 12.0. The van der Waals surface area contributed by atoms with Crippen LogP contribution in [0.25, 0.3) is 21.3 Å². The summed E-state index contributed by atoms with van der Waals surface area (Å²) < 4.78 is 1.03. The van der Waals surface area contributed by atoms with Crippen molar-refractivity contribution in [3.8, 4) is 11.1 Å². The SMILES string of the molecule is Cc1nc(C)c(-c2ccc3c(c2)CCN(c2nc4cc(Cl)c(Cl)cc4s2)C3)c(N2CCC(C)(C)CC2)c1CC(=O)O. The topological polar surface area (TPSA) is 69.6 Å². The molecule has 1 N–H and O–H groups in total. The molecular formula is C32H34Cl2N4O2S. The summed E-state index contributed by atoms with van der Waals surface area (Å²) in [6.45, 7) is 12.1. The van der Waals surface area contributed by atoms with Gasteiger partial charge in [0.2, 0.25) is 0 Å². The van der Waals surface area contributed by atoms with Crippen LogP contribution in [0.3, 0.4) is 0 Å². The molecule has 1 fully saturated rings. The molecule has 6 rings (SSSR count). The normalized spacial score (nSPS) is 16.7. The van der Waals surface area contributed by atoms with Gasteiger partial charge in [-0.1, -0.05) is 66.6 Å². The lowest BCUT2D eigenvalue weighted by atomic mass is 9.82. The van der Waals surface area contributed by atoms with Crippen LogP contribution in [-0.2, 0) is 24.2 Å². The fourth-order valence-electron chi connectivity index (χ4n) is 6.18. The van der Waals surface area contributed by atoms with Gasteiger partial charge < -0.3 is 14.9 Å². The molecular weight excluding hydrogens is 575 g/mol. The minimum Gasteiger partial charge on any atom is -0.481 e. The number of halogens is 2. The van der Waals surface area contributed by atoms with Crippen molar-refractivity contribution in [2.24, 2.45) is 5.41 Å². The van der Waals surface area contributed by atoms with Crippen molar-refractivity contribution in [1.29, 1.82) is 0 Å². The van der Waals surface area contributed by atoms with Crippen molar-refractivity contribution >= 4 is 61.5 Å². The summed E-state index contributed by atoms with van der Waals surface area (Å²) in [5, 5.41) is 11.9. The minimum absolute atomic E-state index is 0.0279.